The monoisotopic (exact) mass is 456 g/mol. The predicted molar refractivity (Wildman–Crippen MR) is 119 cm³/mol. The van der Waals surface area contributed by atoms with Crippen LogP contribution in [0.15, 0.2) is 53.8 Å². The molecule has 0 aliphatic rings. The molecule has 0 saturated carbocycles. The second-order valence-electron chi connectivity index (χ2n) is 7.87. The summed E-state index contributed by atoms with van der Waals surface area (Å²) in [6, 6.07) is 8.69. The van der Waals surface area contributed by atoms with Crippen LogP contribution in [0, 0.1) is 12.3 Å². The van der Waals surface area contributed by atoms with Crippen molar-refractivity contribution in [2.75, 3.05) is 11.8 Å². The van der Waals surface area contributed by atoms with Gasteiger partial charge in [-0.15, -0.1) is 0 Å². The molecule has 3 rings (SSSR count). The highest BCUT2D eigenvalue weighted by Gasteiger charge is 2.30. The van der Waals surface area contributed by atoms with Crippen molar-refractivity contribution in [3.05, 3.63) is 60.2 Å². The largest absolute Gasteiger partial charge is 0.481 e. The lowest BCUT2D eigenvalue weighted by Crippen LogP contribution is -2.26. The lowest BCUT2D eigenvalue weighted by Gasteiger charge is -2.22. The first kappa shape index (κ1) is 23.1. The number of methoxy groups -OCH3 is 1. The maximum absolute atomic E-state index is 13.3. The van der Waals surface area contributed by atoms with Crippen LogP contribution >= 0.6 is 0 Å². The van der Waals surface area contributed by atoms with Gasteiger partial charge in [-0.3, -0.25) is 14.5 Å². The quantitative estimate of drug-likeness (QED) is 0.528. The molecule has 9 nitrogen and oxygen atoms in total. The number of hydrogen-bond acceptors (Lipinski definition) is 7. The number of anilines is 1. The molecule has 168 valence electrons. The second-order valence-corrected chi connectivity index (χ2v) is 9.52. The van der Waals surface area contributed by atoms with Gasteiger partial charge in [0.1, 0.15) is 4.90 Å². The lowest BCUT2D eigenvalue weighted by molar-refractivity contribution is -0.146. The number of nitrogens with one attached hydrogen (secondary N) is 1. The molecule has 0 fully saturated rings. The predicted octanol–water partition coefficient (Wildman–Crippen LogP) is 3.31. The Morgan fingerprint density at radius 3 is 2.56 bits per heavy atom. The first-order valence-electron chi connectivity index (χ1n) is 9.71. The molecular formula is C22H24N4O5S. The SMILES string of the molecule is COc1nc(C)cnc1NS(=O)(=O)c1cnccc1-c1ccccc1CC(C)(C)C(=O)O. The van der Waals surface area contributed by atoms with E-state index < -0.39 is 21.4 Å². The van der Waals surface area contributed by atoms with Gasteiger partial charge in [-0.2, -0.15) is 0 Å². The zero-order chi connectivity index (χ0) is 23.5. The minimum Gasteiger partial charge on any atom is -0.481 e. The number of aromatic nitrogens is 3. The Bertz CT molecular complexity index is 1260. The highest BCUT2D eigenvalue weighted by molar-refractivity contribution is 7.92. The minimum atomic E-state index is -4.13. The summed E-state index contributed by atoms with van der Waals surface area (Å²) in [4.78, 5) is 23.8. The summed E-state index contributed by atoms with van der Waals surface area (Å²) in [6.45, 7) is 4.96. The van der Waals surface area contributed by atoms with E-state index in [1.807, 2.05) is 0 Å². The zero-order valence-corrected chi connectivity index (χ0v) is 19.0. The Hall–Kier alpha value is -3.53. The Labute approximate surface area is 186 Å². The van der Waals surface area contributed by atoms with Crippen LogP contribution in [-0.4, -0.2) is 41.6 Å². The summed E-state index contributed by atoms with van der Waals surface area (Å²) in [5, 5.41) is 9.54. The first-order chi connectivity index (χ1) is 15.0. The van der Waals surface area contributed by atoms with Crippen molar-refractivity contribution in [2.45, 2.75) is 32.1 Å². The van der Waals surface area contributed by atoms with Gasteiger partial charge in [0.25, 0.3) is 15.9 Å². The molecule has 0 aliphatic carbocycles. The van der Waals surface area contributed by atoms with Gasteiger partial charge in [-0.25, -0.2) is 18.4 Å². The Kier molecular flexibility index (Phi) is 6.45. The van der Waals surface area contributed by atoms with E-state index in [1.54, 1.807) is 51.1 Å². The van der Waals surface area contributed by atoms with Crippen molar-refractivity contribution in [1.29, 1.82) is 0 Å². The Balaban J connectivity index is 2.09. The van der Waals surface area contributed by atoms with Crippen LogP contribution in [0.1, 0.15) is 25.1 Å². The molecule has 2 aromatic heterocycles. The Morgan fingerprint density at radius 2 is 1.88 bits per heavy atom. The maximum Gasteiger partial charge on any atom is 0.309 e. The number of carboxylic acids is 1. The van der Waals surface area contributed by atoms with Gasteiger partial charge in [0.15, 0.2) is 0 Å². The van der Waals surface area contributed by atoms with E-state index in [0.29, 0.717) is 22.4 Å². The van der Waals surface area contributed by atoms with E-state index >= 15 is 0 Å². The number of rotatable bonds is 8. The minimum absolute atomic E-state index is 0.0441. The second kappa shape index (κ2) is 8.91. The zero-order valence-electron chi connectivity index (χ0n) is 18.2. The number of nitrogens with zero attached hydrogens (tertiary/aromatic N) is 3. The lowest BCUT2D eigenvalue weighted by atomic mass is 9.83. The number of aliphatic carboxylic acids is 1. The molecular weight excluding hydrogens is 432 g/mol. The first-order valence-corrected chi connectivity index (χ1v) is 11.2. The average Bonchev–Trinajstić information content (AvgIpc) is 2.75. The number of hydrogen-bond donors (Lipinski definition) is 2. The van der Waals surface area contributed by atoms with Crippen molar-refractivity contribution in [3.8, 4) is 17.0 Å². The number of carboxylic acid groups (broad SMARTS) is 1. The van der Waals surface area contributed by atoms with E-state index in [-0.39, 0.29) is 23.0 Å². The van der Waals surface area contributed by atoms with E-state index in [0.717, 1.165) is 0 Å². The molecule has 10 heteroatoms. The van der Waals surface area contributed by atoms with E-state index in [1.165, 1.54) is 25.7 Å². The normalized spacial score (nSPS) is 11.8. The van der Waals surface area contributed by atoms with E-state index in [4.69, 9.17) is 4.74 Å². The molecule has 1 aromatic carbocycles. The van der Waals surface area contributed by atoms with Gasteiger partial charge in [-0.05, 0) is 44.4 Å². The van der Waals surface area contributed by atoms with E-state index in [2.05, 4.69) is 19.7 Å². The van der Waals surface area contributed by atoms with Crippen molar-refractivity contribution in [3.63, 3.8) is 0 Å². The van der Waals surface area contributed by atoms with Gasteiger partial charge < -0.3 is 9.84 Å². The van der Waals surface area contributed by atoms with Crippen LogP contribution < -0.4 is 9.46 Å². The molecule has 2 heterocycles. The summed E-state index contributed by atoms with van der Waals surface area (Å²) in [6.07, 6.45) is 4.36. The van der Waals surface area contributed by atoms with Crippen molar-refractivity contribution < 1.29 is 23.1 Å². The molecule has 0 spiro atoms. The van der Waals surface area contributed by atoms with Gasteiger partial charge in [0.2, 0.25) is 5.82 Å². The van der Waals surface area contributed by atoms with Crippen LogP contribution in [0.5, 0.6) is 5.88 Å². The summed E-state index contributed by atoms with van der Waals surface area (Å²) < 4.78 is 34.1. The third-order valence-electron chi connectivity index (χ3n) is 4.88. The standard InChI is InChI=1S/C22H24N4O5S/c1-14-12-24-19(20(25-14)31-4)26-32(29,30)18-13-23-10-9-17(18)16-8-6-5-7-15(16)11-22(2,3)21(27)28/h5-10,12-13H,11H2,1-4H3,(H,24,26)(H,27,28). The third kappa shape index (κ3) is 4.86. The van der Waals surface area contributed by atoms with Crippen molar-refractivity contribution in [1.82, 2.24) is 15.0 Å². The van der Waals surface area contributed by atoms with Crippen LogP contribution in [0.25, 0.3) is 11.1 Å². The average molecular weight is 457 g/mol. The van der Waals surface area contributed by atoms with Crippen molar-refractivity contribution >= 4 is 21.8 Å². The molecule has 32 heavy (non-hydrogen) atoms. The summed E-state index contributed by atoms with van der Waals surface area (Å²) in [5.74, 6) is -0.947. The molecule has 0 amide bonds. The summed E-state index contributed by atoms with van der Waals surface area (Å²) >= 11 is 0. The number of aryl methyl sites for hydroxylation is 1. The van der Waals surface area contributed by atoms with Crippen LogP contribution in [0.4, 0.5) is 5.82 Å². The van der Waals surface area contributed by atoms with Crippen LogP contribution in [-0.2, 0) is 21.2 Å². The number of pyridine rings is 1. The molecule has 3 aromatic rings. The van der Waals surface area contributed by atoms with Crippen LogP contribution in [0.2, 0.25) is 0 Å². The van der Waals surface area contributed by atoms with Crippen LogP contribution in [0.3, 0.4) is 0 Å². The highest BCUT2D eigenvalue weighted by Crippen LogP contribution is 2.34. The molecule has 0 saturated heterocycles. The molecule has 2 N–H and O–H groups in total. The topological polar surface area (TPSA) is 131 Å². The smallest absolute Gasteiger partial charge is 0.309 e. The number of ether oxygens (including phenoxy) is 1. The summed E-state index contributed by atoms with van der Waals surface area (Å²) in [7, 11) is -2.75. The molecule has 0 radical (unpaired) electrons. The fourth-order valence-electron chi connectivity index (χ4n) is 3.16. The fraction of sp³-hybridized carbons (Fsp3) is 0.273. The molecule has 0 atom stereocenters. The van der Waals surface area contributed by atoms with E-state index in [9.17, 15) is 18.3 Å². The Morgan fingerprint density at radius 1 is 1.16 bits per heavy atom. The molecule has 0 bridgehead atoms. The van der Waals surface area contributed by atoms with Gasteiger partial charge in [0.05, 0.1) is 24.4 Å². The van der Waals surface area contributed by atoms with Gasteiger partial charge in [-0.1, -0.05) is 24.3 Å². The number of sulfonamides is 1. The fourth-order valence-corrected chi connectivity index (χ4v) is 4.33. The maximum atomic E-state index is 13.3. The van der Waals surface area contributed by atoms with Crippen molar-refractivity contribution in [2.24, 2.45) is 5.41 Å². The molecule has 0 unspecified atom stereocenters. The van der Waals surface area contributed by atoms with Gasteiger partial charge >= 0.3 is 5.97 Å². The van der Waals surface area contributed by atoms with Gasteiger partial charge in [0, 0.05) is 18.0 Å². The highest BCUT2D eigenvalue weighted by atomic mass is 32.2. The molecule has 0 aliphatic heterocycles. The number of carbonyl (C=O) groups is 1. The number of benzene rings is 1. The summed E-state index contributed by atoms with van der Waals surface area (Å²) in [5.41, 5.74) is 1.23. The third-order valence-corrected chi connectivity index (χ3v) is 6.24.